The number of carbonyl (C=O) groups is 1. The van der Waals surface area contributed by atoms with Crippen molar-refractivity contribution in [2.45, 2.75) is 17.1 Å². The molecule has 3 N–H and O–H groups in total. The highest BCUT2D eigenvalue weighted by atomic mass is 35.5. The predicted octanol–water partition coefficient (Wildman–Crippen LogP) is 2.17. The summed E-state index contributed by atoms with van der Waals surface area (Å²) < 4.78 is 4.87. The van der Waals surface area contributed by atoms with E-state index in [1.807, 2.05) is 6.92 Å². The molecule has 0 heterocycles. The summed E-state index contributed by atoms with van der Waals surface area (Å²) in [7, 11) is 1.59. The first-order valence-corrected chi connectivity index (χ1v) is 6.78. The third kappa shape index (κ3) is 4.76. The van der Waals surface area contributed by atoms with Crippen LogP contribution in [0.2, 0.25) is 5.02 Å². The van der Waals surface area contributed by atoms with Crippen LogP contribution >= 0.6 is 23.4 Å². The molecule has 0 bridgehead atoms. The van der Waals surface area contributed by atoms with Gasteiger partial charge in [-0.1, -0.05) is 11.6 Å². The van der Waals surface area contributed by atoms with Crippen LogP contribution in [0.3, 0.4) is 0 Å². The highest BCUT2D eigenvalue weighted by Crippen LogP contribution is 2.31. The third-order valence-electron chi connectivity index (χ3n) is 2.23. The maximum atomic E-state index is 11.8. The topological polar surface area (TPSA) is 64.3 Å². The van der Waals surface area contributed by atoms with Gasteiger partial charge in [0.05, 0.1) is 16.9 Å². The fourth-order valence-electron chi connectivity index (χ4n) is 1.27. The van der Waals surface area contributed by atoms with Crippen molar-refractivity contribution in [3.63, 3.8) is 0 Å². The quantitative estimate of drug-likeness (QED) is 0.478. The van der Waals surface area contributed by atoms with Crippen molar-refractivity contribution in [3.8, 4) is 0 Å². The van der Waals surface area contributed by atoms with E-state index in [9.17, 15) is 4.79 Å². The summed E-state index contributed by atoms with van der Waals surface area (Å²) in [6, 6.07) is 5.23. The zero-order valence-electron chi connectivity index (χ0n) is 10.4. The molecular weight excluding hydrogens is 272 g/mol. The normalized spacial score (nSPS) is 12.2. The second kappa shape index (κ2) is 7.51. The van der Waals surface area contributed by atoms with Crippen molar-refractivity contribution in [1.29, 1.82) is 0 Å². The molecule has 1 amide bonds. The van der Waals surface area contributed by atoms with Crippen LogP contribution in [-0.4, -0.2) is 31.4 Å². The van der Waals surface area contributed by atoms with E-state index in [0.717, 1.165) is 4.90 Å². The number of hydrogen-bond donors (Lipinski definition) is 2. The Bertz CT molecular complexity index is 415. The molecule has 1 atom stereocenters. The number of benzene rings is 1. The third-order valence-corrected chi connectivity index (χ3v) is 3.83. The summed E-state index contributed by atoms with van der Waals surface area (Å²) in [4.78, 5) is 12.6. The summed E-state index contributed by atoms with van der Waals surface area (Å²) in [5.74, 6) is -0.0458. The maximum absolute atomic E-state index is 11.8. The zero-order valence-corrected chi connectivity index (χ0v) is 12.0. The lowest BCUT2D eigenvalue weighted by Crippen LogP contribution is -2.33. The molecule has 1 aromatic carbocycles. The predicted molar refractivity (Wildman–Crippen MR) is 76.1 cm³/mol. The van der Waals surface area contributed by atoms with E-state index in [1.165, 1.54) is 11.8 Å². The second-order valence-electron chi connectivity index (χ2n) is 3.73. The molecule has 0 saturated heterocycles. The first-order valence-electron chi connectivity index (χ1n) is 5.53. The van der Waals surface area contributed by atoms with Crippen molar-refractivity contribution in [2.24, 2.45) is 0 Å². The Hall–Kier alpha value is -0.910. The highest BCUT2D eigenvalue weighted by molar-refractivity contribution is 8.00. The number of amides is 1. The number of nitrogens with two attached hydrogens (primary N) is 1. The minimum absolute atomic E-state index is 0.0458. The Kier molecular flexibility index (Phi) is 6.32. The molecule has 0 radical (unpaired) electrons. The van der Waals surface area contributed by atoms with E-state index in [-0.39, 0.29) is 11.2 Å². The molecule has 0 saturated carbocycles. The van der Waals surface area contributed by atoms with Gasteiger partial charge in [-0.15, -0.1) is 11.8 Å². The number of nitrogen functional groups attached to an aromatic ring is 1. The number of thioether (sulfide) groups is 1. The summed E-state index contributed by atoms with van der Waals surface area (Å²) in [5, 5.41) is 3.15. The van der Waals surface area contributed by atoms with Gasteiger partial charge in [0.25, 0.3) is 0 Å². The molecule has 0 fully saturated rings. The molecule has 1 rings (SSSR count). The summed E-state index contributed by atoms with van der Waals surface area (Å²) in [6.45, 7) is 2.83. The van der Waals surface area contributed by atoms with Gasteiger partial charge in [0, 0.05) is 24.2 Å². The van der Waals surface area contributed by atoms with Gasteiger partial charge in [-0.2, -0.15) is 0 Å². The summed E-state index contributed by atoms with van der Waals surface area (Å²) in [6.07, 6.45) is 0. The van der Waals surface area contributed by atoms with Crippen LogP contribution < -0.4 is 11.1 Å². The Morgan fingerprint density at radius 1 is 1.61 bits per heavy atom. The van der Waals surface area contributed by atoms with Crippen molar-refractivity contribution < 1.29 is 9.53 Å². The molecule has 1 unspecified atom stereocenters. The van der Waals surface area contributed by atoms with Gasteiger partial charge in [-0.25, -0.2) is 0 Å². The molecule has 4 nitrogen and oxygen atoms in total. The number of hydrogen-bond acceptors (Lipinski definition) is 4. The van der Waals surface area contributed by atoms with Gasteiger partial charge in [0.2, 0.25) is 5.91 Å². The number of methoxy groups -OCH3 is 1. The Labute approximate surface area is 116 Å². The van der Waals surface area contributed by atoms with Gasteiger partial charge in [-0.05, 0) is 25.1 Å². The van der Waals surface area contributed by atoms with Gasteiger partial charge in [0.15, 0.2) is 0 Å². The SMILES string of the molecule is COCCNC(=O)C(C)Sc1cc(N)ccc1Cl. The van der Waals surface area contributed by atoms with Crippen LogP contribution in [0.25, 0.3) is 0 Å². The van der Waals surface area contributed by atoms with Crippen LogP contribution in [0.4, 0.5) is 5.69 Å². The number of ether oxygens (including phenoxy) is 1. The number of rotatable bonds is 6. The molecule has 0 aliphatic rings. The number of halogens is 1. The Morgan fingerprint density at radius 2 is 2.33 bits per heavy atom. The molecule has 18 heavy (non-hydrogen) atoms. The average Bonchev–Trinajstić information content (AvgIpc) is 2.34. The van der Waals surface area contributed by atoms with E-state index in [2.05, 4.69) is 5.32 Å². The van der Waals surface area contributed by atoms with Gasteiger partial charge >= 0.3 is 0 Å². The largest absolute Gasteiger partial charge is 0.399 e. The lowest BCUT2D eigenvalue weighted by molar-refractivity contribution is -0.120. The molecule has 0 aromatic heterocycles. The van der Waals surface area contributed by atoms with E-state index >= 15 is 0 Å². The summed E-state index contributed by atoms with van der Waals surface area (Å²) >= 11 is 7.43. The first-order chi connectivity index (χ1) is 8.54. The standard InChI is InChI=1S/C12H17ClN2O2S/c1-8(12(16)15-5-6-17-2)18-11-7-9(14)3-4-10(11)13/h3-4,7-8H,5-6,14H2,1-2H3,(H,15,16). The monoisotopic (exact) mass is 288 g/mol. The zero-order chi connectivity index (χ0) is 13.5. The van der Waals surface area contributed by atoms with Crippen LogP contribution in [-0.2, 0) is 9.53 Å². The number of nitrogens with one attached hydrogen (secondary N) is 1. The molecule has 1 aromatic rings. The molecule has 6 heteroatoms. The van der Waals surface area contributed by atoms with Gasteiger partial charge in [-0.3, -0.25) is 4.79 Å². The molecular formula is C12H17ClN2O2S. The van der Waals surface area contributed by atoms with Crippen LogP contribution in [0.1, 0.15) is 6.92 Å². The van der Waals surface area contributed by atoms with Crippen molar-refractivity contribution in [2.75, 3.05) is 26.0 Å². The molecule has 0 aliphatic carbocycles. The van der Waals surface area contributed by atoms with E-state index in [0.29, 0.717) is 23.9 Å². The minimum atomic E-state index is -0.235. The lowest BCUT2D eigenvalue weighted by Gasteiger charge is -2.13. The van der Waals surface area contributed by atoms with Crippen molar-refractivity contribution in [3.05, 3.63) is 23.2 Å². The van der Waals surface area contributed by atoms with E-state index in [1.54, 1.807) is 25.3 Å². The second-order valence-corrected chi connectivity index (χ2v) is 5.52. The smallest absolute Gasteiger partial charge is 0.233 e. The van der Waals surface area contributed by atoms with Crippen LogP contribution in [0.5, 0.6) is 0 Å². The minimum Gasteiger partial charge on any atom is -0.399 e. The number of carbonyl (C=O) groups excluding carboxylic acids is 1. The van der Waals surface area contributed by atoms with Crippen molar-refractivity contribution in [1.82, 2.24) is 5.32 Å². The summed E-state index contributed by atoms with van der Waals surface area (Å²) in [5.41, 5.74) is 6.32. The van der Waals surface area contributed by atoms with Crippen molar-refractivity contribution >= 4 is 35.0 Å². The average molecular weight is 289 g/mol. The van der Waals surface area contributed by atoms with E-state index in [4.69, 9.17) is 22.1 Å². The van der Waals surface area contributed by atoms with Gasteiger partial charge in [0.1, 0.15) is 0 Å². The Morgan fingerprint density at radius 3 is 3.00 bits per heavy atom. The highest BCUT2D eigenvalue weighted by Gasteiger charge is 2.15. The lowest BCUT2D eigenvalue weighted by atomic mass is 10.3. The fraction of sp³-hybridized carbons (Fsp3) is 0.417. The van der Waals surface area contributed by atoms with Crippen LogP contribution in [0, 0.1) is 0 Å². The van der Waals surface area contributed by atoms with E-state index < -0.39 is 0 Å². The molecule has 0 aliphatic heterocycles. The van der Waals surface area contributed by atoms with Crippen LogP contribution in [0.15, 0.2) is 23.1 Å². The number of anilines is 1. The van der Waals surface area contributed by atoms with Gasteiger partial charge < -0.3 is 15.8 Å². The maximum Gasteiger partial charge on any atom is 0.233 e. The molecule has 100 valence electrons. The fourth-order valence-corrected chi connectivity index (χ4v) is 2.48. The Balaban J connectivity index is 2.55. The molecule has 0 spiro atoms. The first kappa shape index (κ1) is 15.1.